The molecule has 4 aromatic heterocycles. The number of aryl methyl sites for hydroxylation is 4. The average molecular weight is 896 g/mol. The number of carbonyl (C=O) groups is 4. The number of hydrogen-bond donors (Lipinski definition) is 4. The van der Waals surface area contributed by atoms with Crippen molar-refractivity contribution in [1.29, 1.82) is 0 Å². The molecule has 6 aromatic rings. The maximum atomic E-state index is 13.9. The second kappa shape index (κ2) is 18.5. The molecule has 0 atom stereocenters. The molecule has 0 aliphatic carbocycles. The minimum Gasteiger partial charge on any atom is -0.491 e. The maximum Gasteiger partial charge on any atom is 0.276 e. The van der Waals surface area contributed by atoms with E-state index in [4.69, 9.17) is 25.2 Å². The number of rotatable bonds is 12. The number of carbonyl (C=O) groups excluding carboxylic acids is 4. The number of benzene rings is 2. The van der Waals surface area contributed by atoms with Gasteiger partial charge in [-0.25, -0.2) is 18.7 Å². The number of halogens is 2. The van der Waals surface area contributed by atoms with Crippen LogP contribution in [0, 0.1) is 13.8 Å². The third-order valence-electron chi connectivity index (χ3n) is 11.2. The molecule has 6 heterocycles. The zero-order valence-corrected chi connectivity index (χ0v) is 36.6. The highest BCUT2D eigenvalue weighted by Gasteiger charge is 2.37. The summed E-state index contributed by atoms with van der Waals surface area (Å²) in [5.41, 5.74) is 9.90. The molecule has 0 radical (unpaired) electrons. The van der Waals surface area contributed by atoms with Gasteiger partial charge in [0, 0.05) is 69.8 Å². The van der Waals surface area contributed by atoms with Gasteiger partial charge in [0.1, 0.15) is 33.9 Å². The molecule has 2 aromatic carbocycles. The Morgan fingerprint density at radius 1 is 0.754 bits per heavy atom. The van der Waals surface area contributed by atoms with E-state index in [2.05, 4.69) is 26.1 Å². The summed E-state index contributed by atoms with van der Waals surface area (Å²) in [5.74, 6) is -3.69. The summed E-state index contributed by atoms with van der Waals surface area (Å²) < 4.78 is 46.9. The van der Waals surface area contributed by atoms with Crippen LogP contribution in [0.4, 0.5) is 20.7 Å². The lowest BCUT2D eigenvalue weighted by molar-refractivity contribution is 0.0121. The number of likely N-dealkylation sites (tertiary alicyclic amines) is 1. The first-order valence-electron chi connectivity index (χ1n) is 21.6. The van der Waals surface area contributed by atoms with E-state index in [1.807, 2.05) is 26.0 Å². The second-order valence-corrected chi connectivity index (χ2v) is 16.0. The third kappa shape index (κ3) is 9.54. The van der Waals surface area contributed by atoms with Gasteiger partial charge in [-0.2, -0.15) is 10.2 Å². The fraction of sp³-hybridized carbons (Fsp3) is 0.409. The molecular weight excluding hydrogens is 845 g/mol. The van der Waals surface area contributed by atoms with E-state index in [-0.39, 0.29) is 68.8 Å². The zero-order chi connectivity index (χ0) is 46.0. The van der Waals surface area contributed by atoms with E-state index >= 15 is 0 Å². The lowest BCUT2D eigenvalue weighted by atomic mass is 10.1. The Balaban J connectivity index is 1.15. The summed E-state index contributed by atoms with van der Waals surface area (Å²) >= 11 is 0. The topological polar surface area (TPSA) is 223 Å². The lowest BCUT2D eigenvalue weighted by Crippen LogP contribution is -2.30. The SMILES string of the molecule is CCn1nc(C)cc1C(=O)Nc1nc2cc(C(N)=O)cc3c2n1C/C=C/Cn1c(NC(=O)c2cc(C)nn2CC)nc2cc(C(=O)NCCCN4CCC(F)(F)C4)cc(c21)OCCCO3. The molecule has 19 nitrogen and oxygen atoms in total. The molecule has 0 spiro atoms. The van der Waals surface area contributed by atoms with Crippen molar-refractivity contribution in [1.82, 2.24) is 48.9 Å². The van der Waals surface area contributed by atoms with Crippen molar-refractivity contribution in [2.75, 3.05) is 50.0 Å². The third-order valence-corrected chi connectivity index (χ3v) is 11.2. The lowest BCUT2D eigenvalue weighted by Gasteiger charge is -2.16. The first-order valence-corrected chi connectivity index (χ1v) is 21.6. The molecule has 2 aliphatic heterocycles. The summed E-state index contributed by atoms with van der Waals surface area (Å²) in [5, 5.41) is 17.6. The number of anilines is 2. The van der Waals surface area contributed by atoms with Crippen LogP contribution in [-0.2, 0) is 26.2 Å². The summed E-state index contributed by atoms with van der Waals surface area (Å²) in [7, 11) is 0. The van der Waals surface area contributed by atoms with E-state index < -0.39 is 29.6 Å². The summed E-state index contributed by atoms with van der Waals surface area (Å²) in [4.78, 5) is 65.0. The Labute approximate surface area is 371 Å². The van der Waals surface area contributed by atoms with Gasteiger partial charge in [-0.05, 0) is 70.5 Å². The van der Waals surface area contributed by atoms with E-state index in [1.54, 1.807) is 67.6 Å². The molecular formula is C44H51F2N13O6. The van der Waals surface area contributed by atoms with Crippen molar-refractivity contribution in [3.8, 4) is 11.5 Å². The van der Waals surface area contributed by atoms with Crippen molar-refractivity contribution in [3.63, 3.8) is 0 Å². The predicted octanol–water partition coefficient (Wildman–Crippen LogP) is 4.92. The molecule has 0 unspecified atom stereocenters. The van der Waals surface area contributed by atoms with E-state index in [0.29, 0.717) is 95.4 Å². The normalized spacial score (nSPS) is 15.8. The van der Waals surface area contributed by atoms with Crippen LogP contribution in [0.3, 0.4) is 0 Å². The number of ether oxygens (including phenoxy) is 2. The standard InChI is InChI=1S/C44H51F2N13O6/c1-5-58-32(19-26(3)53-58)40(62)51-42-49-30-21-28(38(47)60)23-34-36(30)56(42)14-7-8-15-57-37-31(50-43(57)52-41(63)33-20-27(4)54-59(33)6-2)22-29(24-35(37)65-18-10-17-64-34)39(61)48-12-9-13-55-16-11-44(45,46)25-55/h7-8,19-24H,5-6,9-18,25H2,1-4H3,(H2,47,60)(H,48,61)(H,49,51,62)(H,50,52,63)/b8-7+. The van der Waals surface area contributed by atoms with Gasteiger partial charge >= 0.3 is 0 Å². The minimum absolute atomic E-state index is 0.113. The Morgan fingerprint density at radius 3 is 1.77 bits per heavy atom. The van der Waals surface area contributed by atoms with Gasteiger partial charge in [0.15, 0.2) is 0 Å². The van der Waals surface area contributed by atoms with E-state index in [1.165, 1.54) is 6.07 Å². The zero-order valence-electron chi connectivity index (χ0n) is 36.6. The Morgan fingerprint density at radius 2 is 1.28 bits per heavy atom. The first kappa shape index (κ1) is 44.4. The van der Waals surface area contributed by atoms with Crippen LogP contribution in [0.2, 0.25) is 0 Å². The largest absolute Gasteiger partial charge is 0.491 e. The van der Waals surface area contributed by atoms with Crippen molar-refractivity contribution < 1.29 is 37.4 Å². The number of allylic oxidation sites excluding steroid dienone is 2. The smallest absolute Gasteiger partial charge is 0.276 e. The van der Waals surface area contributed by atoms with E-state index in [9.17, 15) is 28.0 Å². The highest BCUT2D eigenvalue weighted by Crippen LogP contribution is 2.34. The number of nitrogens with one attached hydrogen (secondary N) is 3. The van der Waals surface area contributed by atoms with Crippen LogP contribution in [0.25, 0.3) is 22.1 Å². The van der Waals surface area contributed by atoms with Crippen LogP contribution in [0.1, 0.15) is 86.2 Å². The first-order chi connectivity index (χ1) is 31.2. The second-order valence-electron chi connectivity index (χ2n) is 16.0. The maximum absolute atomic E-state index is 13.9. The molecule has 2 aliphatic rings. The Kier molecular flexibility index (Phi) is 12.7. The Bertz CT molecular complexity index is 2840. The van der Waals surface area contributed by atoms with E-state index in [0.717, 1.165) is 0 Å². The molecule has 5 N–H and O–H groups in total. The molecule has 1 fully saturated rings. The number of nitrogens with two attached hydrogens (primary N) is 1. The number of aromatic nitrogens is 8. The van der Waals surface area contributed by atoms with Gasteiger partial charge in [0.25, 0.3) is 23.6 Å². The molecule has 65 heavy (non-hydrogen) atoms. The van der Waals surface area contributed by atoms with Gasteiger partial charge in [0.05, 0.1) is 42.2 Å². The van der Waals surface area contributed by atoms with Crippen molar-refractivity contribution >= 4 is 57.6 Å². The average Bonchev–Trinajstić information content (AvgIpc) is 4.09. The number of hydrogen-bond acceptors (Lipinski definition) is 11. The van der Waals surface area contributed by atoms with Crippen molar-refractivity contribution in [2.45, 2.75) is 79.1 Å². The molecule has 8 rings (SSSR count). The fourth-order valence-corrected chi connectivity index (χ4v) is 8.16. The number of amides is 4. The molecule has 21 heteroatoms. The van der Waals surface area contributed by atoms with Crippen LogP contribution in [-0.4, -0.2) is 113 Å². The van der Waals surface area contributed by atoms with Gasteiger partial charge in [-0.1, -0.05) is 12.2 Å². The van der Waals surface area contributed by atoms with Gasteiger partial charge < -0.3 is 29.7 Å². The molecule has 0 bridgehead atoms. The highest BCUT2D eigenvalue weighted by atomic mass is 19.3. The number of primary amides is 1. The fourth-order valence-electron chi connectivity index (χ4n) is 8.16. The number of alkyl halides is 2. The van der Waals surface area contributed by atoms with Gasteiger partial charge in [-0.15, -0.1) is 0 Å². The van der Waals surface area contributed by atoms with Crippen molar-refractivity contribution in [2.24, 2.45) is 5.73 Å². The molecule has 4 amide bonds. The van der Waals surface area contributed by atoms with Crippen LogP contribution >= 0.6 is 0 Å². The number of imidazole rings is 2. The molecule has 1 saturated heterocycles. The van der Waals surface area contributed by atoms with Crippen LogP contribution < -0.4 is 31.2 Å². The highest BCUT2D eigenvalue weighted by molar-refractivity contribution is 6.05. The summed E-state index contributed by atoms with van der Waals surface area (Å²) in [6, 6.07) is 9.68. The monoisotopic (exact) mass is 895 g/mol. The summed E-state index contributed by atoms with van der Waals surface area (Å²) in [6.45, 7) is 9.54. The molecule has 342 valence electrons. The Hall–Kier alpha value is -7.16. The summed E-state index contributed by atoms with van der Waals surface area (Å²) in [6.07, 6.45) is 4.34. The van der Waals surface area contributed by atoms with Crippen LogP contribution in [0.15, 0.2) is 48.6 Å². The van der Waals surface area contributed by atoms with Gasteiger partial charge in [0.2, 0.25) is 17.8 Å². The van der Waals surface area contributed by atoms with Crippen LogP contribution in [0.5, 0.6) is 11.5 Å². The minimum atomic E-state index is -2.70. The van der Waals surface area contributed by atoms with Gasteiger partial charge in [-0.3, -0.25) is 44.1 Å². The predicted molar refractivity (Wildman–Crippen MR) is 237 cm³/mol. The molecule has 0 saturated carbocycles. The number of nitrogens with zero attached hydrogens (tertiary/aromatic N) is 9. The quantitative estimate of drug-likeness (QED) is 0.0954. The van der Waals surface area contributed by atoms with Crippen molar-refractivity contribution in [3.05, 3.63) is 82.5 Å².